The minimum atomic E-state index is -0.989. The summed E-state index contributed by atoms with van der Waals surface area (Å²) in [6.45, 7) is 9.96. The fraction of sp³-hybridized carbons (Fsp3) is 0.500. The first-order chi connectivity index (χ1) is 7.52. The Balaban J connectivity index is 0. The molecule has 1 N–H and O–H groups in total. The SMILES string of the molecule is CC.CCC.Cc1cc(C(=O)O)cnc1Cl. The third kappa shape index (κ3) is 7.23. The van der Waals surface area contributed by atoms with Gasteiger partial charge < -0.3 is 5.11 Å². The number of carbonyl (C=O) groups is 1. The summed E-state index contributed by atoms with van der Waals surface area (Å²) in [5.41, 5.74) is 0.832. The summed E-state index contributed by atoms with van der Waals surface area (Å²) < 4.78 is 0. The van der Waals surface area contributed by atoms with Crippen LogP contribution in [0.3, 0.4) is 0 Å². The number of aromatic nitrogens is 1. The van der Waals surface area contributed by atoms with Crippen LogP contribution in [0.25, 0.3) is 0 Å². The molecule has 0 aromatic carbocycles. The van der Waals surface area contributed by atoms with E-state index in [1.54, 1.807) is 6.92 Å². The molecule has 16 heavy (non-hydrogen) atoms. The van der Waals surface area contributed by atoms with Gasteiger partial charge in [0.05, 0.1) is 5.56 Å². The largest absolute Gasteiger partial charge is 0.478 e. The summed E-state index contributed by atoms with van der Waals surface area (Å²) in [6, 6.07) is 1.48. The molecule has 0 aliphatic carbocycles. The molecular weight excluding hydrogens is 226 g/mol. The Morgan fingerprint density at radius 2 is 1.88 bits per heavy atom. The Kier molecular flexibility index (Phi) is 11.3. The van der Waals surface area contributed by atoms with Crippen molar-refractivity contribution in [2.75, 3.05) is 0 Å². The van der Waals surface area contributed by atoms with Gasteiger partial charge in [-0.05, 0) is 18.6 Å². The molecule has 0 radical (unpaired) electrons. The van der Waals surface area contributed by atoms with Crippen molar-refractivity contribution in [1.82, 2.24) is 4.98 Å². The van der Waals surface area contributed by atoms with Gasteiger partial charge in [0.25, 0.3) is 0 Å². The van der Waals surface area contributed by atoms with Crippen LogP contribution in [0, 0.1) is 6.92 Å². The maximum atomic E-state index is 10.4. The molecule has 0 saturated heterocycles. The average Bonchev–Trinajstić information content (AvgIpc) is 2.26. The summed E-state index contributed by atoms with van der Waals surface area (Å²) in [7, 11) is 0. The van der Waals surface area contributed by atoms with Gasteiger partial charge in [-0.25, -0.2) is 9.78 Å². The van der Waals surface area contributed by atoms with Gasteiger partial charge in [-0.15, -0.1) is 0 Å². The van der Waals surface area contributed by atoms with Crippen molar-refractivity contribution >= 4 is 17.6 Å². The Labute approximate surface area is 102 Å². The van der Waals surface area contributed by atoms with Gasteiger partial charge in [0.15, 0.2) is 0 Å². The molecular formula is C12H20ClNO2. The number of aromatic carboxylic acids is 1. The maximum Gasteiger partial charge on any atom is 0.337 e. The Hall–Kier alpha value is -1.09. The maximum absolute atomic E-state index is 10.4. The number of carboxylic acids is 1. The smallest absolute Gasteiger partial charge is 0.337 e. The quantitative estimate of drug-likeness (QED) is 0.755. The lowest BCUT2D eigenvalue weighted by Crippen LogP contribution is -1.97. The molecule has 0 atom stereocenters. The first kappa shape index (κ1) is 17.3. The Bertz CT molecular complexity index is 314. The molecule has 0 spiro atoms. The second-order valence-corrected chi connectivity index (χ2v) is 3.20. The normalized spacial score (nSPS) is 8.12. The zero-order valence-corrected chi connectivity index (χ0v) is 11.3. The number of rotatable bonds is 1. The number of nitrogens with zero attached hydrogens (tertiary/aromatic N) is 1. The highest BCUT2D eigenvalue weighted by Gasteiger charge is 2.04. The number of carboxylic acid groups (broad SMARTS) is 1. The molecule has 0 bridgehead atoms. The van der Waals surface area contributed by atoms with E-state index in [-0.39, 0.29) is 5.56 Å². The van der Waals surface area contributed by atoms with Crippen LogP contribution < -0.4 is 0 Å². The van der Waals surface area contributed by atoms with Crippen LogP contribution in [0.5, 0.6) is 0 Å². The lowest BCUT2D eigenvalue weighted by molar-refractivity contribution is 0.0696. The predicted octanol–water partition coefficient (Wildman–Crippen LogP) is 4.18. The zero-order chi connectivity index (χ0) is 13.1. The van der Waals surface area contributed by atoms with E-state index in [9.17, 15) is 4.79 Å². The molecule has 0 aliphatic rings. The van der Waals surface area contributed by atoms with Gasteiger partial charge in [0.1, 0.15) is 5.15 Å². The number of halogens is 1. The molecule has 4 heteroatoms. The van der Waals surface area contributed by atoms with Crippen molar-refractivity contribution in [1.29, 1.82) is 0 Å². The molecule has 0 amide bonds. The Morgan fingerprint density at radius 1 is 1.44 bits per heavy atom. The number of hydrogen-bond donors (Lipinski definition) is 1. The number of hydrogen-bond acceptors (Lipinski definition) is 2. The van der Waals surface area contributed by atoms with Crippen molar-refractivity contribution in [2.24, 2.45) is 0 Å². The van der Waals surface area contributed by atoms with Gasteiger partial charge in [-0.1, -0.05) is 45.7 Å². The van der Waals surface area contributed by atoms with Crippen LogP contribution in [0.2, 0.25) is 5.15 Å². The van der Waals surface area contributed by atoms with Crippen molar-refractivity contribution in [3.05, 3.63) is 28.5 Å². The molecule has 92 valence electrons. The van der Waals surface area contributed by atoms with Crippen LogP contribution in [-0.2, 0) is 0 Å². The minimum Gasteiger partial charge on any atom is -0.478 e. The third-order valence-electron chi connectivity index (χ3n) is 1.26. The van der Waals surface area contributed by atoms with E-state index in [1.165, 1.54) is 18.7 Å². The monoisotopic (exact) mass is 245 g/mol. The summed E-state index contributed by atoms with van der Waals surface area (Å²) in [6.07, 6.45) is 2.48. The molecule has 1 rings (SSSR count). The van der Waals surface area contributed by atoms with E-state index in [0.717, 1.165) is 0 Å². The van der Waals surface area contributed by atoms with E-state index < -0.39 is 5.97 Å². The van der Waals surface area contributed by atoms with Gasteiger partial charge in [-0.2, -0.15) is 0 Å². The van der Waals surface area contributed by atoms with Crippen molar-refractivity contribution in [3.8, 4) is 0 Å². The highest BCUT2D eigenvalue weighted by Crippen LogP contribution is 2.12. The third-order valence-corrected chi connectivity index (χ3v) is 1.66. The lowest BCUT2D eigenvalue weighted by Gasteiger charge is -1.96. The summed E-state index contributed by atoms with van der Waals surface area (Å²) >= 11 is 5.58. The topological polar surface area (TPSA) is 50.2 Å². The highest BCUT2D eigenvalue weighted by atomic mass is 35.5. The molecule has 1 heterocycles. The van der Waals surface area contributed by atoms with Gasteiger partial charge in [-0.3, -0.25) is 0 Å². The lowest BCUT2D eigenvalue weighted by atomic mass is 10.2. The van der Waals surface area contributed by atoms with E-state index in [0.29, 0.717) is 10.7 Å². The average molecular weight is 246 g/mol. The second kappa shape index (κ2) is 10.4. The van der Waals surface area contributed by atoms with Crippen molar-refractivity contribution in [3.63, 3.8) is 0 Å². The summed E-state index contributed by atoms with van der Waals surface area (Å²) in [4.78, 5) is 14.1. The fourth-order valence-corrected chi connectivity index (χ4v) is 0.778. The van der Waals surface area contributed by atoms with Crippen molar-refractivity contribution in [2.45, 2.75) is 41.0 Å². The molecule has 1 aromatic rings. The first-order valence-corrected chi connectivity index (χ1v) is 5.76. The van der Waals surface area contributed by atoms with Crippen LogP contribution >= 0.6 is 11.6 Å². The van der Waals surface area contributed by atoms with Crippen LogP contribution in [0.15, 0.2) is 12.3 Å². The fourth-order valence-electron chi connectivity index (χ4n) is 0.675. The standard InChI is InChI=1S/C7H6ClNO2.C3H8.C2H6/c1-4-2-5(7(10)11)3-9-6(4)8;1-3-2;1-2/h2-3H,1H3,(H,10,11);3H2,1-2H3;1-2H3. The van der Waals surface area contributed by atoms with Crippen LogP contribution in [0.4, 0.5) is 0 Å². The van der Waals surface area contributed by atoms with Gasteiger partial charge in [0, 0.05) is 6.20 Å². The molecule has 1 aromatic heterocycles. The molecule has 0 aliphatic heterocycles. The van der Waals surface area contributed by atoms with Crippen LogP contribution in [0.1, 0.15) is 50.0 Å². The predicted molar refractivity (Wildman–Crippen MR) is 68.3 cm³/mol. The number of pyridine rings is 1. The number of aryl methyl sites for hydroxylation is 1. The molecule has 3 nitrogen and oxygen atoms in total. The second-order valence-electron chi connectivity index (χ2n) is 2.84. The highest BCUT2D eigenvalue weighted by molar-refractivity contribution is 6.30. The van der Waals surface area contributed by atoms with Crippen LogP contribution in [-0.4, -0.2) is 16.1 Å². The summed E-state index contributed by atoms with van der Waals surface area (Å²) in [5, 5.41) is 8.86. The molecule has 0 unspecified atom stereocenters. The molecule has 0 fully saturated rings. The minimum absolute atomic E-state index is 0.159. The van der Waals surface area contributed by atoms with Crippen molar-refractivity contribution < 1.29 is 9.90 Å². The first-order valence-electron chi connectivity index (χ1n) is 5.38. The van der Waals surface area contributed by atoms with E-state index in [2.05, 4.69) is 18.8 Å². The summed E-state index contributed by atoms with van der Waals surface area (Å²) in [5.74, 6) is -0.989. The van der Waals surface area contributed by atoms with E-state index >= 15 is 0 Å². The Morgan fingerprint density at radius 3 is 2.19 bits per heavy atom. The van der Waals surface area contributed by atoms with E-state index in [4.69, 9.17) is 16.7 Å². The van der Waals surface area contributed by atoms with E-state index in [1.807, 2.05) is 13.8 Å². The van der Waals surface area contributed by atoms with Gasteiger partial charge >= 0.3 is 5.97 Å². The molecule has 0 saturated carbocycles. The zero-order valence-electron chi connectivity index (χ0n) is 10.5. The van der Waals surface area contributed by atoms with Gasteiger partial charge in [0.2, 0.25) is 0 Å².